The fraction of sp³-hybridized carbons (Fsp3) is 0.114. The van der Waals surface area contributed by atoms with Crippen molar-refractivity contribution in [2.45, 2.75) is 57.8 Å². The summed E-state index contributed by atoms with van der Waals surface area (Å²) < 4.78 is 0. The fourth-order valence-electron chi connectivity index (χ4n) is 13.2. The molecule has 0 saturated carbocycles. The lowest BCUT2D eigenvalue weighted by Gasteiger charge is -2.33. The summed E-state index contributed by atoms with van der Waals surface area (Å²) in [5.74, 6) is 0. The molecule has 0 unspecified atom stereocenters. The van der Waals surface area contributed by atoms with E-state index in [-0.39, 0.29) is 10.8 Å². The second-order valence-electron chi connectivity index (χ2n) is 24.0. The van der Waals surface area contributed by atoms with Gasteiger partial charge in [-0.15, -0.1) is 0 Å². The minimum atomic E-state index is -0.504. The van der Waals surface area contributed by atoms with Crippen molar-refractivity contribution in [3.05, 3.63) is 306 Å². The molecular formula is C79H63N. The molecule has 80 heavy (non-hydrogen) atoms. The molecular weight excluding hydrogens is 963 g/mol. The van der Waals surface area contributed by atoms with Crippen LogP contribution in [0.15, 0.2) is 273 Å². The minimum Gasteiger partial charge on any atom is -0.310 e. The lowest BCUT2D eigenvalue weighted by Crippen LogP contribution is -2.27. The first-order valence-electron chi connectivity index (χ1n) is 28.3. The number of benzene rings is 12. The molecule has 1 spiro atoms. The van der Waals surface area contributed by atoms with Crippen molar-refractivity contribution in [3.8, 4) is 77.9 Å². The summed E-state index contributed by atoms with van der Waals surface area (Å²) in [5, 5.41) is 2.52. The molecule has 0 N–H and O–H groups in total. The molecule has 0 fully saturated rings. The summed E-state index contributed by atoms with van der Waals surface area (Å²) in [6.45, 7) is 14.0. The Bertz CT molecular complexity index is 4280. The molecule has 1 heteroatoms. The molecule has 1 nitrogen and oxygen atoms in total. The van der Waals surface area contributed by atoms with Gasteiger partial charge in [-0.25, -0.2) is 0 Å². The van der Waals surface area contributed by atoms with Crippen molar-refractivity contribution in [1.82, 2.24) is 0 Å². The van der Waals surface area contributed by atoms with Gasteiger partial charge in [0.2, 0.25) is 0 Å². The fourth-order valence-corrected chi connectivity index (χ4v) is 13.2. The van der Waals surface area contributed by atoms with Crippen molar-refractivity contribution >= 4 is 27.8 Å². The van der Waals surface area contributed by atoms with Crippen molar-refractivity contribution in [2.75, 3.05) is 4.90 Å². The van der Waals surface area contributed by atoms with Gasteiger partial charge in [-0.1, -0.05) is 284 Å². The topological polar surface area (TPSA) is 3.24 Å². The number of fused-ring (bicyclic) bond motifs is 11. The highest BCUT2D eigenvalue weighted by molar-refractivity contribution is 6.01. The van der Waals surface area contributed by atoms with Gasteiger partial charge in [-0.2, -0.15) is 0 Å². The second-order valence-corrected chi connectivity index (χ2v) is 24.0. The molecule has 0 heterocycles. The number of nitrogens with zero attached hydrogens (tertiary/aromatic N) is 1. The van der Waals surface area contributed by atoms with Crippen LogP contribution >= 0.6 is 0 Å². The highest BCUT2D eigenvalue weighted by Crippen LogP contribution is 2.64. The van der Waals surface area contributed by atoms with E-state index in [4.69, 9.17) is 0 Å². The van der Waals surface area contributed by atoms with E-state index in [1.807, 2.05) is 0 Å². The molecule has 12 aromatic rings. The SMILES string of the molecule is CC(C)(C)c1ccc2c(c1)C1(c3ccccc3-c3cc(N(c4ccc(-c5ccc(-c6cccc7ccccc67)cc5)cc4)c4ccccc4-c4ccccc4-c4ccccc4-c4ccccc4)ccc31)c1cc(C(C)(C)C)ccc1-2. The third kappa shape index (κ3) is 7.98. The molecule has 0 saturated heterocycles. The first kappa shape index (κ1) is 49.0. The first-order chi connectivity index (χ1) is 38.9. The largest absolute Gasteiger partial charge is 0.310 e. The molecule has 0 atom stereocenters. The zero-order valence-corrected chi connectivity index (χ0v) is 46.4. The van der Waals surface area contributed by atoms with E-state index in [0.717, 1.165) is 22.6 Å². The van der Waals surface area contributed by atoms with E-state index in [1.165, 1.54) is 116 Å². The number of rotatable bonds is 8. The summed E-state index contributed by atoms with van der Waals surface area (Å²) in [6, 6.07) is 102. The Morgan fingerprint density at radius 2 is 0.700 bits per heavy atom. The van der Waals surface area contributed by atoms with Gasteiger partial charge in [0, 0.05) is 16.9 Å². The van der Waals surface area contributed by atoms with Crippen LogP contribution in [0.3, 0.4) is 0 Å². The van der Waals surface area contributed by atoms with Crippen LogP contribution in [0.2, 0.25) is 0 Å². The predicted octanol–water partition coefficient (Wildman–Crippen LogP) is 21.6. The molecule has 2 aliphatic rings. The molecule has 12 aromatic carbocycles. The van der Waals surface area contributed by atoms with Gasteiger partial charge in [0.15, 0.2) is 0 Å². The Morgan fingerprint density at radius 1 is 0.263 bits per heavy atom. The molecule has 0 amide bonds. The van der Waals surface area contributed by atoms with Crippen molar-refractivity contribution in [2.24, 2.45) is 0 Å². The van der Waals surface area contributed by atoms with Crippen LogP contribution in [-0.4, -0.2) is 0 Å². The maximum absolute atomic E-state index is 2.54. The van der Waals surface area contributed by atoms with Gasteiger partial charge in [-0.3, -0.25) is 0 Å². The molecule has 2 aliphatic carbocycles. The number of para-hydroxylation sites is 1. The molecule has 14 rings (SSSR count). The van der Waals surface area contributed by atoms with Gasteiger partial charge < -0.3 is 4.90 Å². The summed E-state index contributed by atoms with van der Waals surface area (Å²) in [7, 11) is 0. The normalized spacial score (nSPS) is 13.0. The Labute approximate surface area is 472 Å². The Morgan fingerprint density at radius 3 is 1.35 bits per heavy atom. The molecule has 0 bridgehead atoms. The smallest absolute Gasteiger partial charge is 0.0725 e. The zero-order valence-electron chi connectivity index (χ0n) is 46.4. The van der Waals surface area contributed by atoms with Crippen LogP contribution in [0.1, 0.15) is 74.9 Å². The quantitative estimate of drug-likeness (QED) is 0.147. The van der Waals surface area contributed by atoms with Crippen LogP contribution < -0.4 is 4.90 Å². The average molecular weight is 1030 g/mol. The van der Waals surface area contributed by atoms with Crippen molar-refractivity contribution in [1.29, 1.82) is 0 Å². The van der Waals surface area contributed by atoms with Crippen LogP contribution in [0.25, 0.3) is 88.7 Å². The molecule has 0 aliphatic heterocycles. The van der Waals surface area contributed by atoms with Gasteiger partial charge in [0.1, 0.15) is 0 Å². The standard InChI is InChI=1S/C79H63N/c1-77(2,3)57-41-46-68-69-47-42-58(78(4,5)6)50-75(69)79(74(68)49-57)72-33-18-16-30-67(72)71-51-60(45-48-73(71)79)80(59-43-39-53(40-44-59)52-35-37-56(38-36-52)62-32-20-24-55-23-10-11-25-61(55)62)76-34-19-17-31-70(76)66-29-15-14-28-65(66)64-27-13-12-26-63(64)54-21-8-7-9-22-54/h7-51H,1-6H3. The van der Waals surface area contributed by atoms with Gasteiger partial charge in [0.05, 0.1) is 11.1 Å². The highest BCUT2D eigenvalue weighted by Gasteiger charge is 2.52. The third-order valence-corrected chi connectivity index (χ3v) is 17.3. The molecule has 384 valence electrons. The van der Waals surface area contributed by atoms with E-state index in [9.17, 15) is 0 Å². The van der Waals surface area contributed by atoms with E-state index in [0.29, 0.717) is 0 Å². The lowest BCUT2D eigenvalue weighted by molar-refractivity contribution is 0.586. The van der Waals surface area contributed by atoms with Crippen LogP contribution in [0.5, 0.6) is 0 Å². The number of anilines is 3. The summed E-state index contributed by atoms with van der Waals surface area (Å²) in [5.41, 5.74) is 28.0. The van der Waals surface area contributed by atoms with E-state index >= 15 is 0 Å². The molecule has 0 radical (unpaired) electrons. The van der Waals surface area contributed by atoms with Gasteiger partial charge >= 0.3 is 0 Å². The summed E-state index contributed by atoms with van der Waals surface area (Å²) >= 11 is 0. The molecule has 0 aromatic heterocycles. The van der Waals surface area contributed by atoms with E-state index in [2.05, 4.69) is 319 Å². The number of hydrogen-bond donors (Lipinski definition) is 0. The van der Waals surface area contributed by atoms with Gasteiger partial charge in [0.25, 0.3) is 0 Å². The van der Waals surface area contributed by atoms with Crippen LogP contribution in [0.4, 0.5) is 17.1 Å². The van der Waals surface area contributed by atoms with Gasteiger partial charge in [-0.05, 0) is 158 Å². The maximum atomic E-state index is 2.54. The summed E-state index contributed by atoms with van der Waals surface area (Å²) in [6.07, 6.45) is 0. The van der Waals surface area contributed by atoms with Crippen LogP contribution in [-0.2, 0) is 16.2 Å². The summed E-state index contributed by atoms with van der Waals surface area (Å²) in [4.78, 5) is 2.50. The Kier molecular flexibility index (Phi) is 11.6. The zero-order chi connectivity index (χ0) is 54.3. The van der Waals surface area contributed by atoms with E-state index < -0.39 is 5.41 Å². The lowest BCUT2D eigenvalue weighted by atomic mass is 9.69. The Balaban J connectivity index is 0.961. The van der Waals surface area contributed by atoms with Crippen LogP contribution in [0, 0.1) is 0 Å². The monoisotopic (exact) mass is 1030 g/mol. The second kappa shape index (κ2) is 19.0. The maximum Gasteiger partial charge on any atom is 0.0725 e. The highest BCUT2D eigenvalue weighted by atomic mass is 15.1. The average Bonchev–Trinajstić information content (AvgIpc) is 4.11. The minimum absolute atomic E-state index is 0.0288. The van der Waals surface area contributed by atoms with E-state index in [1.54, 1.807) is 0 Å². The first-order valence-corrected chi connectivity index (χ1v) is 28.3. The van der Waals surface area contributed by atoms with Crippen molar-refractivity contribution < 1.29 is 0 Å². The third-order valence-electron chi connectivity index (χ3n) is 17.3. The Hall–Kier alpha value is -9.30. The number of hydrogen-bond acceptors (Lipinski definition) is 1. The van der Waals surface area contributed by atoms with Crippen molar-refractivity contribution in [3.63, 3.8) is 0 Å². The predicted molar refractivity (Wildman–Crippen MR) is 340 cm³/mol.